The van der Waals surface area contributed by atoms with E-state index < -0.39 is 0 Å². The van der Waals surface area contributed by atoms with Crippen LogP contribution in [0.5, 0.6) is 5.88 Å². The Bertz CT molecular complexity index is 408. The smallest absolute Gasteiger partial charge is 0.225 e. The maximum absolute atomic E-state index is 6.09. The largest absolute Gasteiger partial charge is 0.474 e. The Labute approximate surface area is 116 Å². The Morgan fingerprint density at radius 3 is 3.00 bits per heavy atom. The van der Waals surface area contributed by atoms with Crippen LogP contribution in [-0.2, 0) is 0 Å². The second-order valence-corrected chi connectivity index (χ2v) is 5.62. The highest BCUT2D eigenvalue weighted by Crippen LogP contribution is 2.28. The van der Waals surface area contributed by atoms with Gasteiger partial charge in [-0.15, -0.1) is 0 Å². The number of nitrogens with one attached hydrogen (secondary N) is 1. The van der Waals surface area contributed by atoms with E-state index in [-0.39, 0.29) is 0 Å². The van der Waals surface area contributed by atoms with Gasteiger partial charge >= 0.3 is 0 Å². The molecule has 1 aliphatic rings. The van der Waals surface area contributed by atoms with Crippen molar-refractivity contribution in [1.82, 2.24) is 9.97 Å². The van der Waals surface area contributed by atoms with E-state index in [0.717, 1.165) is 43.2 Å². The zero-order chi connectivity index (χ0) is 13.7. The third-order valence-electron chi connectivity index (χ3n) is 3.62. The Balaban J connectivity index is 2.01. The molecule has 106 valence electrons. The molecule has 0 amide bonds. The van der Waals surface area contributed by atoms with Crippen molar-refractivity contribution < 1.29 is 4.74 Å². The monoisotopic (exact) mass is 263 g/mol. The van der Waals surface area contributed by atoms with Gasteiger partial charge in [-0.2, -0.15) is 4.98 Å². The molecule has 2 unspecified atom stereocenters. The molecule has 1 aromatic rings. The molecule has 0 aromatic carbocycles. The summed E-state index contributed by atoms with van der Waals surface area (Å²) in [6, 6.07) is 0. The van der Waals surface area contributed by atoms with Crippen molar-refractivity contribution in [2.24, 2.45) is 5.92 Å². The molecular weight excluding hydrogens is 238 g/mol. The zero-order valence-electron chi connectivity index (χ0n) is 12.3. The molecule has 0 spiro atoms. The molecule has 4 heteroatoms. The Hall–Kier alpha value is -1.32. The number of hydrogen-bond acceptors (Lipinski definition) is 4. The summed E-state index contributed by atoms with van der Waals surface area (Å²) >= 11 is 0. The van der Waals surface area contributed by atoms with Gasteiger partial charge in [-0.25, -0.2) is 4.98 Å². The number of hydrogen-bond donors (Lipinski definition) is 1. The Kier molecular flexibility index (Phi) is 5.00. The van der Waals surface area contributed by atoms with Crippen LogP contribution in [-0.4, -0.2) is 22.6 Å². The van der Waals surface area contributed by atoms with E-state index in [9.17, 15) is 0 Å². The maximum atomic E-state index is 6.09. The van der Waals surface area contributed by atoms with Gasteiger partial charge in [0.05, 0.1) is 0 Å². The first-order valence-corrected chi connectivity index (χ1v) is 7.43. The zero-order valence-corrected chi connectivity index (χ0v) is 12.3. The summed E-state index contributed by atoms with van der Waals surface area (Å²) in [6.45, 7) is 7.33. The lowest BCUT2D eigenvalue weighted by Crippen LogP contribution is -2.25. The van der Waals surface area contributed by atoms with Crippen molar-refractivity contribution in [2.75, 3.05) is 11.9 Å². The van der Waals surface area contributed by atoms with Crippen LogP contribution in [0, 0.1) is 12.8 Å². The standard InChI is InChI=1S/C15H25N3O/c1-4-8-16-15-17-10-12(3)14(18-15)19-13-7-5-6-11(2)9-13/h10-11,13H,4-9H2,1-3H3,(H,16,17,18). The van der Waals surface area contributed by atoms with E-state index in [1.165, 1.54) is 12.8 Å². The average Bonchev–Trinajstić information content (AvgIpc) is 2.40. The van der Waals surface area contributed by atoms with Crippen molar-refractivity contribution in [3.63, 3.8) is 0 Å². The fraction of sp³-hybridized carbons (Fsp3) is 0.733. The summed E-state index contributed by atoms with van der Waals surface area (Å²) in [6.07, 6.45) is 8.09. The molecule has 19 heavy (non-hydrogen) atoms. The summed E-state index contributed by atoms with van der Waals surface area (Å²) in [5.41, 5.74) is 1.01. The minimum Gasteiger partial charge on any atom is -0.474 e. The van der Waals surface area contributed by atoms with Crippen molar-refractivity contribution in [3.05, 3.63) is 11.8 Å². The number of anilines is 1. The van der Waals surface area contributed by atoms with E-state index >= 15 is 0 Å². The molecule has 1 aliphatic carbocycles. The molecule has 1 saturated carbocycles. The molecule has 1 fully saturated rings. The third kappa shape index (κ3) is 4.08. The molecule has 0 saturated heterocycles. The third-order valence-corrected chi connectivity index (χ3v) is 3.62. The summed E-state index contributed by atoms with van der Waals surface area (Å²) < 4.78 is 6.09. The molecule has 2 atom stereocenters. The number of nitrogens with zero attached hydrogens (tertiary/aromatic N) is 2. The molecular formula is C15H25N3O. The lowest BCUT2D eigenvalue weighted by Gasteiger charge is -2.27. The average molecular weight is 263 g/mol. The lowest BCUT2D eigenvalue weighted by molar-refractivity contribution is 0.123. The van der Waals surface area contributed by atoms with Gasteiger partial charge in [0.1, 0.15) is 6.10 Å². The molecule has 0 aliphatic heterocycles. The van der Waals surface area contributed by atoms with Gasteiger partial charge in [-0.1, -0.05) is 20.3 Å². The van der Waals surface area contributed by atoms with Gasteiger partial charge in [-0.05, 0) is 38.5 Å². The number of rotatable bonds is 5. The molecule has 2 rings (SSSR count). The second-order valence-electron chi connectivity index (χ2n) is 5.62. The van der Waals surface area contributed by atoms with Crippen LogP contribution < -0.4 is 10.1 Å². The van der Waals surface area contributed by atoms with Gasteiger partial charge in [0.25, 0.3) is 0 Å². The van der Waals surface area contributed by atoms with E-state index in [0.29, 0.717) is 12.1 Å². The SMILES string of the molecule is CCCNc1ncc(C)c(OC2CCCC(C)C2)n1. The second kappa shape index (κ2) is 6.73. The molecule has 1 aromatic heterocycles. The van der Waals surface area contributed by atoms with Crippen LogP contribution in [0.3, 0.4) is 0 Å². The lowest BCUT2D eigenvalue weighted by atomic mass is 9.89. The molecule has 0 bridgehead atoms. The summed E-state index contributed by atoms with van der Waals surface area (Å²) in [5.74, 6) is 2.18. The van der Waals surface area contributed by atoms with E-state index in [1.54, 1.807) is 0 Å². The number of ether oxygens (including phenoxy) is 1. The van der Waals surface area contributed by atoms with Crippen LogP contribution >= 0.6 is 0 Å². The minimum atomic E-state index is 0.316. The summed E-state index contributed by atoms with van der Waals surface area (Å²) in [7, 11) is 0. The van der Waals surface area contributed by atoms with Crippen molar-refractivity contribution in [2.45, 2.75) is 59.0 Å². The number of aryl methyl sites for hydroxylation is 1. The van der Waals surface area contributed by atoms with E-state index in [2.05, 4.69) is 29.1 Å². The van der Waals surface area contributed by atoms with E-state index in [1.807, 2.05) is 13.1 Å². The van der Waals surface area contributed by atoms with Crippen molar-refractivity contribution in [3.8, 4) is 5.88 Å². The first kappa shape index (κ1) is 14.1. The predicted octanol–water partition coefficient (Wildman–Crippen LogP) is 3.56. The van der Waals surface area contributed by atoms with Gasteiger partial charge in [0, 0.05) is 18.3 Å². The fourth-order valence-electron chi connectivity index (χ4n) is 2.51. The molecule has 4 nitrogen and oxygen atoms in total. The first-order chi connectivity index (χ1) is 9.19. The Morgan fingerprint density at radius 2 is 2.26 bits per heavy atom. The highest BCUT2D eigenvalue weighted by molar-refractivity contribution is 5.32. The normalized spacial score (nSPS) is 23.1. The van der Waals surface area contributed by atoms with Crippen molar-refractivity contribution in [1.29, 1.82) is 0 Å². The van der Waals surface area contributed by atoms with Crippen LogP contribution in [0.4, 0.5) is 5.95 Å². The summed E-state index contributed by atoms with van der Waals surface area (Å²) in [4.78, 5) is 8.77. The number of aromatic nitrogens is 2. The summed E-state index contributed by atoms with van der Waals surface area (Å²) in [5, 5.41) is 3.21. The van der Waals surface area contributed by atoms with E-state index in [4.69, 9.17) is 4.74 Å². The topological polar surface area (TPSA) is 47.0 Å². The van der Waals surface area contributed by atoms with Crippen molar-refractivity contribution >= 4 is 5.95 Å². The van der Waals surface area contributed by atoms with Crippen LogP contribution in [0.2, 0.25) is 0 Å². The minimum absolute atomic E-state index is 0.316. The maximum Gasteiger partial charge on any atom is 0.225 e. The molecule has 1 heterocycles. The van der Waals surface area contributed by atoms with Gasteiger partial charge in [0.2, 0.25) is 11.8 Å². The first-order valence-electron chi connectivity index (χ1n) is 7.43. The van der Waals surface area contributed by atoms with Crippen LogP contribution in [0.25, 0.3) is 0 Å². The van der Waals surface area contributed by atoms with Crippen LogP contribution in [0.1, 0.15) is 51.5 Å². The van der Waals surface area contributed by atoms with Crippen LogP contribution in [0.15, 0.2) is 6.20 Å². The van der Waals surface area contributed by atoms with Gasteiger partial charge < -0.3 is 10.1 Å². The molecule has 1 N–H and O–H groups in total. The predicted molar refractivity (Wildman–Crippen MR) is 77.6 cm³/mol. The Morgan fingerprint density at radius 1 is 1.42 bits per heavy atom. The highest BCUT2D eigenvalue weighted by atomic mass is 16.5. The van der Waals surface area contributed by atoms with Gasteiger partial charge in [0.15, 0.2) is 0 Å². The highest BCUT2D eigenvalue weighted by Gasteiger charge is 2.21. The fourth-order valence-corrected chi connectivity index (χ4v) is 2.51. The molecule has 0 radical (unpaired) electrons. The van der Waals surface area contributed by atoms with Gasteiger partial charge in [-0.3, -0.25) is 0 Å². The quantitative estimate of drug-likeness (QED) is 0.882.